The number of ether oxygens (including phenoxy) is 4. The number of nitrogens with zero attached hydrogens (tertiary/aromatic N) is 1. The molecule has 1 aromatic rings. The Kier molecular flexibility index (Phi) is 7.60. The molecular weight excluding hydrogens is 310 g/mol. The van der Waals surface area contributed by atoms with Crippen LogP contribution in [0.15, 0.2) is 23.1 Å². The maximum atomic E-state index is 12.9. The number of hydrogen-bond acceptors (Lipinski definition) is 6. The molecule has 1 rings (SSSR count). The van der Waals surface area contributed by atoms with Crippen molar-refractivity contribution in [1.82, 2.24) is 4.31 Å². The maximum Gasteiger partial charge on any atom is 0.247 e. The predicted molar refractivity (Wildman–Crippen MR) is 82.1 cm³/mol. The monoisotopic (exact) mass is 333 g/mol. The Hall–Kier alpha value is -1.35. The van der Waals surface area contributed by atoms with Gasteiger partial charge < -0.3 is 18.9 Å². The fourth-order valence-corrected chi connectivity index (χ4v) is 3.44. The molecule has 126 valence electrons. The van der Waals surface area contributed by atoms with E-state index in [-0.39, 0.29) is 36.9 Å². The molecule has 0 atom stereocenters. The molecule has 0 N–H and O–H groups in total. The molecule has 7 nitrogen and oxygen atoms in total. The molecule has 0 fully saturated rings. The second-order valence-electron chi connectivity index (χ2n) is 4.41. The van der Waals surface area contributed by atoms with E-state index in [1.54, 1.807) is 12.1 Å². The molecule has 0 aliphatic carbocycles. The van der Waals surface area contributed by atoms with Crippen LogP contribution in [0.3, 0.4) is 0 Å². The average Bonchev–Trinajstić information content (AvgIpc) is 2.54. The minimum absolute atomic E-state index is 0.0570. The number of methoxy groups -OCH3 is 4. The summed E-state index contributed by atoms with van der Waals surface area (Å²) >= 11 is 0. The Labute approximate surface area is 131 Å². The van der Waals surface area contributed by atoms with Gasteiger partial charge in [0.2, 0.25) is 10.0 Å². The lowest BCUT2D eigenvalue weighted by atomic mass is 10.3. The van der Waals surface area contributed by atoms with E-state index in [2.05, 4.69) is 0 Å². The molecule has 0 radical (unpaired) electrons. The molecule has 1 aromatic carbocycles. The van der Waals surface area contributed by atoms with Crippen molar-refractivity contribution in [3.05, 3.63) is 18.2 Å². The van der Waals surface area contributed by atoms with E-state index >= 15 is 0 Å². The normalized spacial score (nSPS) is 11.7. The fraction of sp³-hybridized carbons (Fsp3) is 0.571. The molecule has 0 saturated heterocycles. The maximum absolute atomic E-state index is 12.9. The number of benzene rings is 1. The van der Waals surface area contributed by atoms with Gasteiger partial charge >= 0.3 is 0 Å². The van der Waals surface area contributed by atoms with E-state index in [9.17, 15) is 8.42 Å². The van der Waals surface area contributed by atoms with Crippen molar-refractivity contribution in [2.75, 3.05) is 54.7 Å². The molecule has 0 heterocycles. The highest BCUT2D eigenvalue weighted by Gasteiger charge is 2.28. The first-order valence-corrected chi connectivity index (χ1v) is 8.15. The Morgan fingerprint density at radius 3 is 2.00 bits per heavy atom. The first-order valence-electron chi connectivity index (χ1n) is 6.71. The molecule has 0 aliphatic heterocycles. The van der Waals surface area contributed by atoms with Gasteiger partial charge in [0.05, 0.1) is 27.4 Å². The highest BCUT2D eigenvalue weighted by molar-refractivity contribution is 7.89. The third-order valence-electron chi connectivity index (χ3n) is 3.08. The fourth-order valence-electron chi connectivity index (χ4n) is 1.86. The highest BCUT2D eigenvalue weighted by atomic mass is 32.2. The van der Waals surface area contributed by atoms with Crippen LogP contribution in [0.2, 0.25) is 0 Å². The van der Waals surface area contributed by atoms with Crippen molar-refractivity contribution in [1.29, 1.82) is 0 Å². The van der Waals surface area contributed by atoms with Crippen molar-refractivity contribution < 1.29 is 27.4 Å². The molecule has 0 unspecified atom stereocenters. The zero-order chi connectivity index (χ0) is 16.6. The smallest absolute Gasteiger partial charge is 0.247 e. The van der Waals surface area contributed by atoms with Crippen LogP contribution in [0, 0.1) is 0 Å². The summed E-state index contributed by atoms with van der Waals surface area (Å²) in [6.45, 7) is 1.02. The second kappa shape index (κ2) is 8.94. The molecule has 0 spiro atoms. The van der Waals surface area contributed by atoms with Gasteiger partial charge in [-0.05, 0) is 12.1 Å². The van der Waals surface area contributed by atoms with Crippen molar-refractivity contribution in [2.24, 2.45) is 0 Å². The lowest BCUT2D eigenvalue weighted by Crippen LogP contribution is -2.36. The first kappa shape index (κ1) is 18.7. The summed E-state index contributed by atoms with van der Waals surface area (Å²) in [6.07, 6.45) is 0. The van der Waals surface area contributed by atoms with E-state index < -0.39 is 10.0 Å². The summed E-state index contributed by atoms with van der Waals surface area (Å²) in [5.74, 6) is 0.707. The number of sulfonamides is 1. The minimum Gasteiger partial charge on any atom is -0.497 e. The summed E-state index contributed by atoms with van der Waals surface area (Å²) < 4.78 is 47.3. The summed E-state index contributed by atoms with van der Waals surface area (Å²) in [5, 5.41) is 0. The van der Waals surface area contributed by atoms with Crippen LogP contribution < -0.4 is 9.47 Å². The van der Waals surface area contributed by atoms with Gasteiger partial charge in [-0.1, -0.05) is 0 Å². The Bertz CT molecular complexity index is 552. The Balaban J connectivity index is 3.21. The first-order chi connectivity index (χ1) is 10.5. The van der Waals surface area contributed by atoms with E-state index in [0.717, 1.165) is 0 Å². The van der Waals surface area contributed by atoms with Gasteiger partial charge in [-0.25, -0.2) is 8.42 Å². The van der Waals surface area contributed by atoms with Crippen molar-refractivity contribution in [3.63, 3.8) is 0 Å². The number of rotatable bonds is 10. The highest BCUT2D eigenvalue weighted by Crippen LogP contribution is 2.30. The zero-order valence-corrected chi connectivity index (χ0v) is 14.2. The Morgan fingerprint density at radius 2 is 1.55 bits per heavy atom. The SMILES string of the molecule is COCCN(CCOC)S(=O)(=O)c1cc(OC)ccc1OC. The third kappa shape index (κ3) is 4.57. The van der Waals surface area contributed by atoms with E-state index in [1.165, 1.54) is 38.8 Å². The quantitative estimate of drug-likeness (QED) is 0.636. The standard InChI is InChI=1S/C14H23NO6S/c1-18-9-7-15(8-10-19-2)22(16,17)14-11-12(20-3)5-6-13(14)21-4/h5-6,11H,7-10H2,1-4H3. The van der Waals surface area contributed by atoms with Crippen LogP contribution >= 0.6 is 0 Å². The van der Waals surface area contributed by atoms with Gasteiger partial charge in [-0.2, -0.15) is 4.31 Å². The van der Waals surface area contributed by atoms with Gasteiger partial charge in [-0.15, -0.1) is 0 Å². The van der Waals surface area contributed by atoms with Crippen molar-refractivity contribution >= 4 is 10.0 Å². The van der Waals surface area contributed by atoms with Crippen LogP contribution in [-0.4, -0.2) is 67.5 Å². The summed E-state index contributed by atoms with van der Waals surface area (Å²) in [6, 6.07) is 4.66. The minimum atomic E-state index is -3.75. The van der Waals surface area contributed by atoms with Gasteiger partial charge in [0.15, 0.2) is 0 Å². The molecule has 0 aromatic heterocycles. The van der Waals surface area contributed by atoms with E-state index in [4.69, 9.17) is 18.9 Å². The lowest BCUT2D eigenvalue weighted by Gasteiger charge is -2.23. The predicted octanol–water partition coefficient (Wildman–Crippen LogP) is 0.987. The van der Waals surface area contributed by atoms with Crippen LogP contribution in [0.4, 0.5) is 0 Å². The molecule has 0 bridgehead atoms. The molecule has 8 heteroatoms. The average molecular weight is 333 g/mol. The third-order valence-corrected chi connectivity index (χ3v) is 5.00. The van der Waals surface area contributed by atoms with E-state index in [1.807, 2.05) is 0 Å². The van der Waals surface area contributed by atoms with Crippen molar-refractivity contribution in [2.45, 2.75) is 4.90 Å². The van der Waals surface area contributed by atoms with Gasteiger partial charge in [0, 0.05) is 33.4 Å². The molecule has 0 amide bonds. The largest absolute Gasteiger partial charge is 0.497 e. The molecular formula is C14H23NO6S. The zero-order valence-electron chi connectivity index (χ0n) is 13.4. The summed E-state index contributed by atoms with van der Waals surface area (Å²) in [5.41, 5.74) is 0. The van der Waals surface area contributed by atoms with Gasteiger partial charge in [0.1, 0.15) is 16.4 Å². The topological polar surface area (TPSA) is 74.3 Å². The van der Waals surface area contributed by atoms with Crippen LogP contribution in [-0.2, 0) is 19.5 Å². The number of hydrogen-bond donors (Lipinski definition) is 0. The van der Waals surface area contributed by atoms with Crippen LogP contribution in [0.1, 0.15) is 0 Å². The second-order valence-corrected chi connectivity index (χ2v) is 6.31. The van der Waals surface area contributed by atoms with Crippen LogP contribution in [0.25, 0.3) is 0 Å². The summed E-state index contributed by atoms with van der Waals surface area (Å²) in [7, 11) is 2.19. The Morgan fingerprint density at radius 1 is 0.955 bits per heavy atom. The van der Waals surface area contributed by atoms with Crippen molar-refractivity contribution in [3.8, 4) is 11.5 Å². The van der Waals surface area contributed by atoms with Crippen LogP contribution in [0.5, 0.6) is 11.5 Å². The molecule has 0 saturated carbocycles. The van der Waals surface area contributed by atoms with E-state index in [0.29, 0.717) is 5.75 Å². The van der Waals surface area contributed by atoms with Gasteiger partial charge in [0.25, 0.3) is 0 Å². The molecule has 0 aliphatic rings. The summed E-state index contributed by atoms with van der Waals surface area (Å²) in [4.78, 5) is 0.0570. The van der Waals surface area contributed by atoms with Gasteiger partial charge in [-0.3, -0.25) is 0 Å². The lowest BCUT2D eigenvalue weighted by molar-refractivity contribution is 0.150. The molecule has 22 heavy (non-hydrogen) atoms.